The molecule has 0 atom stereocenters. The second-order valence-corrected chi connectivity index (χ2v) is 4.86. The quantitative estimate of drug-likeness (QED) is 0.836. The van der Waals surface area contributed by atoms with E-state index in [1.165, 1.54) is 19.2 Å². The molecular formula is C16H17N3O4. The van der Waals surface area contributed by atoms with Gasteiger partial charge in [0.15, 0.2) is 12.3 Å². The Morgan fingerprint density at radius 1 is 1.17 bits per heavy atom. The van der Waals surface area contributed by atoms with Gasteiger partial charge in [0.1, 0.15) is 0 Å². The van der Waals surface area contributed by atoms with Gasteiger partial charge in [-0.1, -0.05) is 19.1 Å². The number of esters is 1. The lowest BCUT2D eigenvalue weighted by molar-refractivity contribution is -0.119. The van der Waals surface area contributed by atoms with Crippen molar-refractivity contribution >= 4 is 17.6 Å². The largest absolute Gasteiger partial charge is 0.451 e. The van der Waals surface area contributed by atoms with Crippen molar-refractivity contribution in [3.8, 4) is 0 Å². The zero-order valence-electron chi connectivity index (χ0n) is 12.9. The molecule has 0 aliphatic heterocycles. The first-order valence-corrected chi connectivity index (χ1v) is 7.10. The fourth-order valence-electron chi connectivity index (χ4n) is 1.84. The molecule has 0 saturated carbocycles. The second-order valence-electron chi connectivity index (χ2n) is 4.86. The van der Waals surface area contributed by atoms with Crippen molar-refractivity contribution in [2.45, 2.75) is 13.3 Å². The molecule has 0 saturated heterocycles. The summed E-state index contributed by atoms with van der Waals surface area (Å²) in [6.45, 7) is 1.61. The van der Waals surface area contributed by atoms with Crippen molar-refractivity contribution in [3.05, 3.63) is 58.0 Å². The van der Waals surface area contributed by atoms with E-state index >= 15 is 0 Å². The highest BCUT2D eigenvalue weighted by molar-refractivity contribution is 5.94. The Bertz CT molecular complexity index is 766. The smallest absolute Gasteiger partial charge is 0.359 e. The third-order valence-corrected chi connectivity index (χ3v) is 3.15. The summed E-state index contributed by atoms with van der Waals surface area (Å²) in [5.41, 5.74) is 1.42. The number of aromatic nitrogens is 2. The molecule has 0 radical (unpaired) electrons. The van der Waals surface area contributed by atoms with Crippen LogP contribution in [0.5, 0.6) is 0 Å². The monoisotopic (exact) mass is 315 g/mol. The molecule has 0 bridgehead atoms. The van der Waals surface area contributed by atoms with Crippen LogP contribution in [0.25, 0.3) is 0 Å². The Labute approximate surface area is 132 Å². The fraction of sp³-hybridized carbons (Fsp3) is 0.250. The number of carbonyl (C=O) groups excluding carboxylic acids is 2. The summed E-state index contributed by atoms with van der Waals surface area (Å²) in [5, 5.41) is 6.38. The number of aryl methyl sites for hydroxylation is 2. The van der Waals surface area contributed by atoms with Crippen molar-refractivity contribution in [2.75, 3.05) is 11.9 Å². The van der Waals surface area contributed by atoms with Gasteiger partial charge in [-0.3, -0.25) is 9.59 Å². The zero-order chi connectivity index (χ0) is 16.8. The minimum absolute atomic E-state index is 0.0350. The van der Waals surface area contributed by atoms with Crippen LogP contribution in [0, 0.1) is 0 Å². The maximum absolute atomic E-state index is 11.8. The average Bonchev–Trinajstić information content (AvgIpc) is 2.56. The van der Waals surface area contributed by atoms with Crippen LogP contribution in [0.2, 0.25) is 0 Å². The van der Waals surface area contributed by atoms with E-state index in [9.17, 15) is 14.4 Å². The lowest BCUT2D eigenvalue weighted by Gasteiger charge is -2.07. The van der Waals surface area contributed by atoms with Crippen LogP contribution in [0.15, 0.2) is 41.2 Å². The molecule has 120 valence electrons. The maximum Gasteiger partial charge on any atom is 0.359 e. The molecule has 0 aliphatic carbocycles. The van der Waals surface area contributed by atoms with Crippen LogP contribution in [0.4, 0.5) is 5.69 Å². The van der Waals surface area contributed by atoms with Gasteiger partial charge in [-0.15, -0.1) is 0 Å². The first kappa shape index (κ1) is 16.4. The van der Waals surface area contributed by atoms with Gasteiger partial charge in [0.2, 0.25) is 0 Å². The standard InChI is InChI=1S/C16H17N3O4/c1-3-11-4-6-12(7-5-11)17-14(20)10-23-16(22)13-8-9-15(21)19(2)18-13/h4-9H,3,10H2,1-2H3,(H,17,20). The summed E-state index contributed by atoms with van der Waals surface area (Å²) in [7, 11) is 1.42. The normalized spacial score (nSPS) is 10.2. The van der Waals surface area contributed by atoms with Gasteiger partial charge >= 0.3 is 5.97 Å². The van der Waals surface area contributed by atoms with Crippen LogP contribution in [-0.4, -0.2) is 28.3 Å². The first-order valence-electron chi connectivity index (χ1n) is 7.10. The number of hydrogen-bond acceptors (Lipinski definition) is 5. The highest BCUT2D eigenvalue weighted by Crippen LogP contribution is 2.09. The molecule has 7 nitrogen and oxygen atoms in total. The predicted octanol–water partition coefficient (Wildman–Crippen LogP) is 1.14. The summed E-state index contributed by atoms with van der Waals surface area (Å²) in [5.74, 6) is -1.22. The number of ether oxygens (including phenoxy) is 1. The van der Waals surface area contributed by atoms with E-state index in [1.54, 1.807) is 12.1 Å². The first-order chi connectivity index (χ1) is 11.0. The van der Waals surface area contributed by atoms with Crippen molar-refractivity contribution in [3.63, 3.8) is 0 Å². The van der Waals surface area contributed by atoms with E-state index < -0.39 is 18.5 Å². The SMILES string of the molecule is CCc1ccc(NC(=O)COC(=O)c2ccc(=O)n(C)n2)cc1. The molecule has 1 amide bonds. The Balaban J connectivity index is 1.89. The number of anilines is 1. The van der Waals surface area contributed by atoms with Crippen LogP contribution in [0.3, 0.4) is 0 Å². The summed E-state index contributed by atoms with van der Waals surface area (Å²) in [6, 6.07) is 9.86. The Hall–Kier alpha value is -2.96. The third kappa shape index (κ3) is 4.50. The maximum atomic E-state index is 11.8. The van der Waals surface area contributed by atoms with Crippen LogP contribution >= 0.6 is 0 Å². The summed E-state index contributed by atoms with van der Waals surface area (Å²) in [6.07, 6.45) is 0.915. The molecule has 0 aliphatic rings. The molecule has 7 heteroatoms. The average molecular weight is 315 g/mol. The Morgan fingerprint density at radius 2 is 1.87 bits per heavy atom. The summed E-state index contributed by atoms with van der Waals surface area (Å²) >= 11 is 0. The number of hydrogen-bond donors (Lipinski definition) is 1. The van der Waals surface area contributed by atoms with Gasteiger partial charge < -0.3 is 10.1 Å². The molecule has 0 unspecified atom stereocenters. The van der Waals surface area contributed by atoms with Crippen molar-refractivity contribution < 1.29 is 14.3 Å². The molecular weight excluding hydrogens is 298 g/mol. The molecule has 2 aromatic rings. The molecule has 1 aromatic carbocycles. The van der Waals surface area contributed by atoms with Gasteiger partial charge in [0, 0.05) is 18.8 Å². The molecule has 1 heterocycles. The van der Waals surface area contributed by atoms with E-state index in [0.717, 1.165) is 16.7 Å². The van der Waals surface area contributed by atoms with Crippen molar-refractivity contribution in [1.29, 1.82) is 0 Å². The highest BCUT2D eigenvalue weighted by Gasteiger charge is 2.12. The van der Waals surface area contributed by atoms with Gasteiger partial charge in [-0.25, -0.2) is 9.48 Å². The van der Waals surface area contributed by atoms with E-state index in [4.69, 9.17) is 4.74 Å². The molecule has 23 heavy (non-hydrogen) atoms. The summed E-state index contributed by atoms with van der Waals surface area (Å²) in [4.78, 5) is 34.7. The van der Waals surface area contributed by atoms with Crippen LogP contribution in [-0.2, 0) is 23.0 Å². The number of amides is 1. The van der Waals surface area contributed by atoms with E-state index in [1.807, 2.05) is 19.1 Å². The van der Waals surface area contributed by atoms with Crippen LogP contribution < -0.4 is 10.9 Å². The molecule has 1 N–H and O–H groups in total. The Morgan fingerprint density at radius 3 is 2.48 bits per heavy atom. The topological polar surface area (TPSA) is 90.3 Å². The van der Waals surface area contributed by atoms with Crippen LogP contribution in [0.1, 0.15) is 23.0 Å². The highest BCUT2D eigenvalue weighted by atomic mass is 16.5. The van der Waals surface area contributed by atoms with Gasteiger partial charge in [0.05, 0.1) is 0 Å². The second kappa shape index (κ2) is 7.35. The lowest BCUT2D eigenvalue weighted by Crippen LogP contribution is -2.24. The van der Waals surface area contributed by atoms with Gasteiger partial charge in [-0.05, 0) is 30.2 Å². The van der Waals surface area contributed by atoms with Crippen molar-refractivity contribution in [1.82, 2.24) is 9.78 Å². The minimum Gasteiger partial charge on any atom is -0.451 e. The Kier molecular flexibility index (Phi) is 5.24. The summed E-state index contributed by atoms with van der Waals surface area (Å²) < 4.78 is 5.89. The number of benzene rings is 1. The minimum atomic E-state index is -0.767. The number of rotatable bonds is 5. The third-order valence-electron chi connectivity index (χ3n) is 3.15. The molecule has 0 fully saturated rings. The number of nitrogens with zero attached hydrogens (tertiary/aromatic N) is 2. The molecule has 2 rings (SSSR count). The fourth-order valence-corrected chi connectivity index (χ4v) is 1.84. The van der Waals surface area contributed by atoms with E-state index in [-0.39, 0.29) is 11.3 Å². The van der Waals surface area contributed by atoms with Crippen molar-refractivity contribution in [2.24, 2.45) is 7.05 Å². The zero-order valence-corrected chi connectivity index (χ0v) is 12.9. The number of carbonyl (C=O) groups is 2. The molecule has 0 spiro atoms. The van der Waals surface area contributed by atoms with Gasteiger partial charge in [-0.2, -0.15) is 5.10 Å². The van der Waals surface area contributed by atoms with E-state index in [2.05, 4.69) is 10.4 Å². The van der Waals surface area contributed by atoms with E-state index in [0.29, 0.717) is 5.69 Å². The van der Waals surface area contributed by atoms with Gasteiger partial charge in [0.25, 0.3) is 11.5 Å². The predicted molar refractivity (Wildman–Crippen MR) is 84.2 cm³/mol. The number of nitrogens with one attached hydrogen (secondary N) is 1. The lowest BCUT2D eigenvalue weighted by atomic mass is 10.1. The molecule has 1 aromatic heterocycles.